The molecule has 4 atom stereocenters. The lowest BCUT2D eigenvalue weighted by molar-refractivity contribution is -0.160. The summed E-state index contributed by atoms with van der Waals surface area (Å²) in [7, 11) is 0. The van der Waals surface area contributed by atoms with Gasteiger partial charge < -0.3 is 14.7 Å². The molecule has 1 rings (SSSR count). The van der Waals surface area contributed by atoms with E-state index in [2.05, 4.69) is 0 Å². The first-order chi connectivity index (χ1) is 5.88. The number of rotatable bonds is 3. The van der Waals surface area contributed by atoms with Crippen LogP contribution in [0.1, 0.15) is 14.2 Å². The zero-order chi connectivity index (χ0) is 10.1. The van der Waals surface area contributed by atoms with E-state index in [9.17, 15) is 10.00 Å². The Bertz CT molecular complexity index is 220. The fraction of sp³-hybridized carbons (Fsp3) is 1.00. The average molecular weight is 211 g/mol. The highest BCUT2D eigenvalue weighted by Gasteiger charge is 2.25. The molecular formula is C7H14O3PS-. The van der Waals surface area contributed by atoms with E-state index in [0.29, 0.717) is 19.0 Å². The minimum absolute atomic E-state index is 0.343. The van der Waals surface area contributed by atoms with E-state index in [4.69, 9.17) is 17.9 Å². The third-order valence-corrected chi connectivity index (χ3v) is 3.48. The molecule has 1 heterocycles. The lowest BCUT2D eigenvalue weighted by atomic mass is 10.1. The van der Waals surface area contributed by atoms with Gasteiger partial charge in [-0.3, -0.25) is 0 Å². The van der Waals surface area contributed by atoms with Crippen LogP contribution in [0.3, 0.4) is 0 Å². The Morgan fingerprint density at radius 3 is 3.00 bits per heavy atom. The van der Waals surface area contributed by atoms with Crippen LogP contribution in [-0.4, -0.2) is 36.7 Å². The Hall–Kier alpha value is 0.530. The molecule has 0 aliphatic carbocycles. The molecule has 1 aliphatic rings. The highest BCUT2D eigenvalue weighted by atomic mass is 32.4. The fourth-order valence-electron chi connectivity index (χ4n) is 1.14. The van der Waals surface area contributed by atoms with Crippen LogP contribution in [0, 0.1) is 0 Å². The minimum Gasteiger partial charge on any atom is -0.821 e. The van der Waals surface area contributed by atoms with Gasteiger partial charge >= 0.3 is 0 Å². The van der Waals surface area contributed by atoms with Crippen LogP contribution >= 0.6 is 6.26 Å². The van der Waals surface area contributed by atoms with Gasteiger partial charge in [-0.05, 0) is 25.7 Å². The zero-order valence-corrected chi connectivity index (χ0v) is 8.68. The Morgan fingerprint density at radius 1 is 1.92 bits per heavy atom. The summed E-state index contributed by atoms with van der Waals surface area (Å²) >= 11 is 4.76. The molecule has 72 valence electrons. The molecule has 1 saturated heterocycles. The Balaban J connectivity index is 2.34. The quantitative estimate of drug-likeness (QED) is 0.663. The molecule has 1 aliphatic heterocycles. The van der Waals surface area contributed by atoms with Gasteiger partial charge in [0.2, 0.25) is 0 Å². The molecule has 1 fully saturated rings. The number of aliphatic hydroxyl groups excluding tert-OH is 1. The molecule has 0 saturated carbocycles. The van der Waals surface area contributed by atoms with Crippen molar-refractivity contribution >= 4 is 18.1 Å². The topological polar surface area (TPSA) is 52.5 Å². The molecule has 0 aromatic rings. The molecule has 12 heavy (non-hydrogen) atoms. The lowest BCUT2D eigenvalue weighted by Crippen LogP contribution is -2.22. The Labute approximate surface area is 79.2 Å². The monoisotopic (exact) mass is 211 g/mol. The van der Waals surface area contributed by atoms with Crippen molar-refractivity contribution < 1.29 is 16.1 Å². The average Bonchev–Trinajstić information content (AvgIpc) is 2.24. The second kappa shape index (κ2) is 4.16. The van der Waals surface area contributed by atoms with Gasteiger partial charge in [-0.2, -0.15) is 0 Å². The summed E-state index contributed by atoms with van der Waals surface area (Å²) in [6.45, 7) is 0.906. The Morgan fingerprint density at radius 2 is 2.58 bits per heavy atom. The minimum atomic E-state index is -2.43. The maximum Gasteiger partial charge on any atom is 0.0838 e. The van der Waals surface area contributed by atoms with Gasteiger partial charge in [-0.15, -0.1) is 18.1 Å². The van der Waals surface area contributed by atoms with E-state index in [1.54, 1.807) is 6.66 Å². The van der Waals surface area contributed by atoms with Crippen molar-refractivity contribution in [2.45, 2.75) is 25.0 Å². The first kappa shape index (κ1) is 9.10. The van der Waals surface area contributed by atoms with Crippen LogP contribution in [0.2, 0.25) is 0 Å². The summed E-state index contributed by atoms with van der Waals surface area (Å²) in [6.07, 6.45) is -2.14. The van der Waals surface area contributed by atoms with Crippen LogP contribution in [-0.2, 0) is 16.5 Å². The first-order valence-electron chi connectivity index (χ1n) is 4.49. The van der Waals surface area contributed by atoms with Gasteiger partial charge in [0.1, 0.15) is 0 Å². The summed E-state index contributed by atoms with van der Waals surface area (Å²) in [6, 6.07) is 0. The van der Waals surface area contributed by atoms with Gasteiger partial charge in [0.25, 0.3) is 0 Å². The van der Waals surface area contributed by atoms with Gasteiger partial charge in [0.15, 0.2) is 0 Å². The molecule has 0 bridgehead atoms. The zero-order valence-electron chi connectivity index (χ0n) is 7.97. The summed E-state index contributed by atoms with van der Waals surface area (Å²) < 4.78 is 12.4. The van der Waals surface area contributed by atoms with Crippen LogP contribution in [0.15, 0.2) is 0 Å². The van der Waals surface area contributed by atoms with Crippen LogP contribution in [0.25, 0.3) is 0 Å². The molecule has 0 spiro atoms. The summed E-state index contributed by atoms with van der Waals surface area (Å²) in [4.78, 5) is 11.2. The van der Waals surface area contributed by atoms with E-state index in [1.165, 1.54) is 0 Å². The highest BCUT2D eigenvalue weighted by molar-refractivity contribution is 8.10. The van der Waals surface area contributed by atoms with Crippen molar-refractivity contribution in [2.75, 3.05) is 19.4 Å². The number of ether oxygens (including phenoxy) is 1. The van der Waals surface area contributed by atoms with Crippen molar-refractivity contribution in [3.63, 3.8) is 0 Å². The molecule has 0 aromatic heterocycles. The summed E-state index contributed by atoms with van der Waals surface area (Å²) in [5.41, 5.74) is 0. The van der Waals surface area contributed by atoms with Gasteiger partial charge in [-0.25, -0.2) is 0 Å². The molecule has 1 N–H and O–H groups in total. The normalized spacial score (nSPS) is 42.2. The maximum absolute atomic E-state index is 11.2. The number of hydrogen-bond acceptors (Lipinski definition) is 4. The first-order valence-corrected chi connectivity index (χ1v) is 7.27. The van der Waals surface area contributed by atoms with E-state index >= 15 is 0 Å². The van der Waals surface area contributed by atoms with E-state index in [0.717, 1.165) is 0 Å². The van der Waals surface area contributed by atoms with Crippen molar-refractivity contribution in [2.24, 2.45) is 0 Å². The van der Waals surface area contributed by atoms with Gasteiger partial charge in [0, 0.05) is 6.58 Å². The lowest BCUT2D eigenvalue weighted by Gasteiger charge is -2.24. The molecule has 0 aromatic carbocycles. The highest BCUT2D eigenvalue weighted by Crippen LogP contribution is 2.33. The Kier molecular flexibility index (Phi) is 3.15. The molecule has 0 radical (unpaired) electrons. The number of aliphatic hydroxyl groups is 1. The molecule has 5 heteroatoms. The second-order valence-electron chi connectivity index (χ2n) is 3.17. The largest absolute Gasteiger partial charge is 0.821 e. The van der Waals surface area contributed by atoms with Gasteiger partial charge in [0.05, 0.1) is 13.6 Å². The number of hydrogen-bond donors (Lipinski definition) is 1. The van der Waals surface area contributed by atoms with E-state index < -0.39 is 19.0 Å². The third-order valence-electron chi connectivity index (χ3n) is 1.86. The molecule has 3 unspecified atom stereocenters. The van der Waals surface area contributed by atoms with E-state index in [-0.39, 0.29) is 6.10 Å². The van der Waals surface area contributed by atoms with Gasteiger partial charge in [-0.1, -0.05) is 0 Å². The molecular weight excluding hydrogens is 195 g/mol. The van der Waals surface area contributed by atoms with Crippen LogP contribution in [0.5, 0.6) is 0 Å². The van der Waals surface area contributed by atoms with Crippen molar-refractivity contribution in [1.29, 1.82) is 0 Å². The third kappa shape index (κ3) is 3.50. The van der Waals surface area contributed by atoms with Crippen molar-refractivity contribution in [1.82, 2.24) is 0 Å². The molecule has 3 nitrogen and oxygen atoms in total. The maximum atomic E-state index is 11.2. The van der Waals surface area contributed by atoms with Crippen molar-refractivity contribution in [3.05, 3.63) is 0 Å². The summed E-state index contributed by atoms with van der Waals surface area (Å²) in [5, 5.41) is 9.39. The smallest absolute Gasteiger partial charge is 0.0838 e. The fourth-order valence-corrected chi connectivity index (χ4v) is 2.18. The standard InChI is InChI=1S/C7H15O3PS/c1-11(9,12)5-3-7-6(8)2-4-10-7/h6-8H,2-5H2,1H3,(H,9,12)/p-1/t6?,7-,11?/m1/s1/i4T/t4?,6?,7-,11?. The van der Waals surface area contributed by atoms with Crippen molar-refractivity contribution in [3.8, 4) is 0 Å². The predicted octanol–water partition coefficient (Wildman–Crippen LogP) is -0.0891. The summed E-state index contributed by atoms with van der Waals surface area (Å²) in [5.74, 6) is 0. The molecule has 0 amide bonds. The van der Waals surface area contributed by atoms with E-state index in [1.807, 2.05) is 0 Å². The SMILES string of the molecule is [3H]C1CC(O)[C@@H](CCP(C)([O-])=S)O1. The predicted molar refractivity (Wildman–Crippen MR) is 50.1 cm³/mol. The van der Waals surface area contributed by atoms with Crippen LogP contribution in [0.4, 0.5) is 0 Å². The second-order valence-corrected chi connectivity index (χ2v) is 7.96. The van der Waals surface area contributed by atoms with Crippen LogP contribution < -0.4 is 4.89 Å².